The van der Waals surface area contributed by atoms with Gasteiger partial charge in [-0.2, -0.15) is 0 Å². The van der Waals surface area contributed by atoms with E-state index in [1.807, 2.05) is 12.1 Å². The number of hydrogen-bond donors (Lipinski definition) is 0. The van der Waals surface area contributed by atoms with Crippen LogP contribution in [-0.4, -0.2) is 37.6 Å². The molecule has 9 heteroatoms. The van der Waals surface area contributed by atoms with Crippen molar-refractivity contribution in [1.29, 1.82) is 0 Å². The molecule has 0 spiro atoms. The molecule has 3 aromatic rings. The molecule has 2 fully saturated rings. The summed E-state index contributed by atoms with van der Waals surface area (Å²) in [5, 5.41) is 2.16. The van der Waals surface area contributed by atoms with E-state index in [9.17, 15) is 14.4 Å². The number of hydrogen-bond acceptors (Lipinski definition) is 7. The van der Waals surface area contributed by atoms with E-state index in [4.69, 9.17) is 25.9 Å². The fraction of sp³-hybridized carbons (Fsp3) is 0.222. The van der Waals surface area contributed by atoms with E-state index in [2.05, 4.69) is 0 Å². The fourth-order valence-corrected chi connectivity index (χ4v) is 4.71. The highest BCUT2D eigenvalue weighted by molar-refractivity contribution is 6.30. The van der Waals surface area contributed by atoms with Crippen molar-refractivity contribution in [3.05, 3.63) is 88.9 Å². The Kier molecular flexibility index (Phi) is 6.38. The predicted octanol–water partition coefficient (Wildman–Crippen LogP) is 4.58. The normalized spacial score (nSPS) is 21.0. The highest BCUT2D eigenvalue weighted by Gasteiger charge is 2.60. The van der Waals surface area contributed by atoms with Crippen LogP contribution in [0.2, 0.25) is 5.02 Å². The maximum Gasteiger partial charge on any atom is 0.338 e. The number of halogens is 1. The van der Waals surface area contributed by atoms with Gasteiger partial charge >= 0.3 is 5.97 Å². The van der Waals surface area contributed by atoms with Gasteiger partial charge in [0.05, 0.1) is 36.7 Å². The standard InChI is InChI=1S/C27H23ClN2O6/c1-3-35-27(33)17-4-10-19(11-5-17)29-25(31)22-23(16-6-14-21(34-2)15-7-16)30(36-24(22)26(29)32)20-12-8-18(28)9-13-20/h4-15,22-24H,3H2,1-2H3. The van der Waals surface area contributed by atoms with E-state index in [1.165, 1.54) is 12.1 Å². The Morgan fingerprint density at radius 3 is 2.17 bits per heavy atom. The summed E-state index contributed by atoms with van der Waals surface area (Å²) in [6.07, 6.45) is -1.01. The fourth-order valence-electron chi connectivity index (χ4n) is 4.58. The number of nitrogens with zero attached hydrogens (tertiary/aromatic N) is 2. The van der Waals surface area contributed by atoms with Crippen molar-refractivity contribution in [2.45, 2.75) is 19.1 Å². The van der Waals surface area contributed by atoms with Gasteiger partial charge in [0.2, 0.25) is 5.91 Å². The van der Waals surface area contributed by atoms with Crippen LogP contribution in [-0.2, 0) is 19.2 Å². The minimum Gasteiger partial charge on any atom is -0.497 e. The number of carbonyl (C=O) groups is 3. The summed E-state index contributed by atoms with van der Waals surface area (Å²) in [6.45, 7) is 1.97. The molecule has 0 bridgehead atoms. The van der Waals surface area contributed by atoms with Crippen LogP contribution in [0.4, 0.5) is 11.4 Å². The number of ether oxygens (including phenoxy) is 2. The van der Waals surface area contributed by atoms with Gasteiger partial charge in [-0.25, -0.2) is 14.8 Å². The molecular formula is C27H23ClN2O6. The number of imide groups is 1. The number of fused-ring (bicyclic) bond motifs is 1. The van der Waals surface area contributed by atoms with E-state index >= 15 is 0 Å². The summed E-state index contributed by atoms with van der Waals surface area (Å²) in [6, 6.07) is 19.9. The van der Waals surface area contributed by atoms with Gasteiger partial charge in [-0.15, -0.1) is 0 Å². The third-order valence-corrected chi connectivity index (χ3v) is 6.54. The van der Waals surface area contributed by atoms with E-state index in [0.717, 1.165) is 10.5 Å². The van der Waals surface area contributed by atoms with Crippen molar-refractivity contribution in [2.75, 3.05) is 23.7 Å². The highest BCUT2D eigenvalue weighted by atomic mass is 35.5. The van der Waals surface area contributed by atoms with Crippen molar-refractivity contribution in [3.63, 3.8) is 0 Å². The molecular weight excluding hydrogens is 484 g/mol. The molecule has 0 N–H and O–H groups in total. The lowest BCUT2D eigenvalue weighted by Crippen LogP contribution is -2.37. The summed E-state index contributed by atoms with van der Waals surface area (Å²) in [5.41, 5.74) is 2.16. The maximum atomic E-state index is 13.7. The van der Waals surface area contributed by atoms with Gasteiger partial charge in [0, 0.05) is 5.02 Å². The van der Waals surface area contributed by atoms with Crippen LogP contribution in [0.3, 0.4) is 0 Å². The van der Waals surface area contributed by atoms with Crippen LogP contribution < -0.4 is 14.7 Å². The number of anilines is 2. The zero-order chi connectivity index (χ0) is 25.4. The first-order valence-electron chi connectivity index (χ1n) is 11.4. The first-order chi connectivity index (χ1) is 17.4. The van der Waals surface area contributed by atoms with Gasteiger partial charge in [-0.05, 0) is 73.2 Å². The summed E-state index contributed by atoms with van der Waals surface area (Å²) >= 11 is 6.07. The molecule has 184 valence electrons. The molecule has 2 aliphatic heterocycles. The Labute approximate surface area is 212 Å². The van der Waals surface area contributed by atoms with Gasteiger partial charge in [-0.3, -0.25) is 14.4 Å². The topological polar surface area (TPSA) is 85.4 Å². The average molecular weight is 507 g/mol. The molecule has 0 saturated carbocycles. The van der Waals surface area contributed by atoms with Crippen molar-refractivity contribution >= 4 is 40.8 Å². The SMILES string of the molecule is CCOC(=O)c1ccc(N2C(=O)C3ON(c4ccc(Cl)cc4)C(c4ccc(OC)cc4)C3C2=O)cc1. The quantitative estimate of drug-likeness (QED) is 0.357. The van der Waals surface area contributed by atoms with Crippen molar-refractivity contribution in [2.24, 2.45) is 5.92 Å². The molecule has 2 heterocycles. The highest BCUT2D eigenvalue weighted by Crippen LogP contribution is 2.47. The lowest BCUT2D eigenvalue weighted by Gasteiger charge is -2.29. The zero-order valence-electron chi connectivity index (χ0n) is 19.6. The van der Waals surface area contributed by atoms with Crippen LogP contribution in [0.5, 0.6) is 5.75 Å². The molecule has 3 aromatic carbocycles. The third kappa shape index (κ3) is 4.08. The van der Waals surface area contributed by atoms with Gasteiger partial charge in [0.15, 0.2) is 6.10 Å². The van der Waals surface area contributed by atoms with Gasteiger partial charge in [0.1, 0.15) is 11.7 Å². The summed E-state index contributed by atoms with van der Waals surface area (Å²) in [5.74, 6) is -1.44. The Morgan fingerprint density at radius 2 is 1.56 bits per heavy atom. The second kappa shape index (κ2) is 9.64. The van der Waals surface area contributed by atoms with E-state index in [0.29, 0.717) is 27.7 Å². The number of amides is 2. The predicted molar refractivity (Wildman–Crippen MR) is 133 cm³/mol. The minimum absolute atomic E-state index is 0.251. The molecule has 2 saturated heterocycles. The lowest BCUT2D eigenvalue weighted by molar-refractivity contribution is -0.126. The zero-order valence-corrected chi connectivity index (χ0v) is 20.3. The number of methoxy groups -OCH3 is 1. The Hall–Kier alpha value is -3.88. The van der Waals surface area contributed by atoms with Crippen LogP contribution in [0.1, 0.15) is 28.9 Å². The molecule has 0 aliphatic carbocycles. The summed E-state index contributed by atoms with van der Waals surface area (Å²) < 4.78 is 10.3. The largest absolute Gasteiger partial charge is 0.497 e. The van der Waals surface area contributed by atoms with Gasteiger partial charge < -0.3 is 9.47 Å². The summed E-state index contributed by atoms with van der Waals surface area (Å²) in [4.78, 5) is 46.4. The van der Waals surface area contributed by atoms with Crippen molar-refractivity contribution in [3.8, 4) is 5.75 Å². The number of benzene rings is 3. The van der Waals surface area contributed by atoms with Crippen molar-refractivity contribution in [1.82, 2.24) is 0 Å². The first kappa shape index (κ1) is 23.8. The van der Waals surface area contributed by atoms with E-state index in [-0.39, 0.29) is 12.5 Å². The van der Waals surface area contributed by atoms with E-state index in [1.54, 1.807) is 67.6 Å². The summed E-state index contributed by atoms with van der Waals surface area (Å²) in [7, 11) is 1.58. The first-order valence-corrected chi connectivity index (χ1v) is 11.8. The molecule has 0 radical (unpaired) electrons. The molecule has 8 nitrogen and oxygen atoms in total. The molecule has 3 unspecified atom stereocenters. The number of hydroxylamine groups is 1. The van der Waals surface area contributed by atoms with Crippen LogP contribution in [0.25, 0.3) is 0 Å². The van der Waals surface area contributed by atoms with Gasteiger partial charge in [-0.1, -0.05) is 23.7 Å². The van der Waals surface area contributed by atoms with Crippen molar-refractivity contribution < 1.29 is 28.7 Å². The van der Waals surface area contributed by atoms with Crippen LogP contribution >= 0.6 is 11.6 Å². The second-order valence-electron chi connectivity index (χ2n) is 8.35. The maximum absolute atomic E-state index is 13.7. The molecule has 36 heavy (non-hydrogen) atoms. The average Bonchev–Trinajstić information content (AvgIpc) is 3.40. The molecule has 0 aromatic heterocycles. The minimum atomic E-state index is -1.01. The third-order valence-electron chi connectivity index (χ3n) is 6.29. The molecule has 5 rings (SSSR count). The Balaban J connectivity index is 1.50. The Morgan fingerprint density at radius 1 is 0.917 bits per heavy atom. The smallest absolute Gasteiger partial charge is 0.338 e. The molecule has 2 aliphatic rings. The number of esters is 1. The van der Waals surface area contributed by atoms with Crippen LogP contribution in [0.15, 0.2) is 72.8 Å². The van der Waals surface area contributed by atoms with Crippen LogP contribution in [0, 0.1) is 5.92 Å². The molecule has 3 atom stereocenters. The number of carbonyl (C=O) groups excluding carboxylic acids is 3. The number of rotatable bonds is 6. The second-order valence-corrected chi connectivity index (χ2v) is 8.79. The lowest BCUT2D eigenvalue weighted by atomic mass is 9.90. The van der Waals surface area contributed by atoms with Gasteiger partial charge in [0.25, 0.3) is 5.91 Å². The Bertz CT molecular complexity index is 1290. The van der Waals surface area contributed by atoms with E-state index < -0.39 is 29.9 Å². The monoisotopic (exact) mass is 506 g/mol. The molecule has 2 amide bonds.